The molecule has 7 heteroatoms. The largest absolute Gasteiger partial charge is 0.494 e. The second kappa shape index (κ2) is 8.00. The highest BCUT2D eigenvalue weighted by atomic mass is 16.5. The third-order valence-electron chi connectivity index (χ3n) is 4.35. The van der Waals surface area contributed by atoms with Crippen LogP contribution in [-0.2, 0) is 13.1 Å². The molecule has 0 fully saturated rings. The number of rotatable bonds is 6. The lowest BCUT2D eigenvalue weighted by molar-refractivity contribution is 0.232. The van der Waals surface area contributed by atoms with Crippen LogP contribution in [0.1, 0.15) is 49.2 Å². The zero-order chi connectivity index (χ0) is 17.6. The molecular weight excluding hydrogens is 318 g/mol. The fourth-order valence-electron chi connectivity index (χ4n) is 2.99. The number of amides is 2. The molecule has 2 aromatic rings. The Balaban J connectivity index is 1.53. The van der Waals surface area contributed by atoms with Gasteiger partial charge in [-0.2, -0.15) is 5.10 Å². The molecule has 3 rings (SSSR count). The van der Waals surface area contributed by atoms with Crippen molar-refractivity contribution in [3.63, 3.8) is 0 Å². The highest BCUT2D eigenvalue weighted by molar-refractivity contribution is 5.74. The summed E-state index contributed by atoms with van der Waals surface area (Å²) in [5.74, 6) is 1.70. The number of carbonyl (C=O) groups excluding carboxylic acids is 1. The summed E-state index contributed by atoms with van der Waals surface area (Å²) >= 11 is 0. The summed E-state index contributed by atoms with van der Waals surface area (Å²) in [5, 5.41) is 10.1. The monoisotopic (exact) mass is 343 g/mol. The van der Waals surface area contributed by atoms with E-state index in [9.17, 15) is 4.79 Å². The van der Waals surface area contributed by atoms with E-state index in [1.54, 1.807) is 6.33 Å². The summed E-state index contributed by atoms with van der Waals surface area (Å²) in [6.45, 7) is 6.16. The number of nitrogens with zero attached hydrogens (tertiary/aromatic N) is 3. The lowest BCUT2D eigenvalue weighted by Gasteiger charge is -2.23. The van der Waals surface area contributed by atoms with E-state index in [0.29, 0.717) is 13.2 Å². The average Bonchev–Trinajstić information content (AvgIpc) is 3.09. The van der Waals surface area contributed by atoms with Gasteiger partial charge in [-0.3, -0.25) is 0 Å². The Bertz CT molecular complexity index is 728. The van der Waals surface area contributed by atoms with Gasteiger partial charge in [-0.15, -0.1) is 0 Å². The van der Waals surface area contributed by atoms with Gasteiger partial charge in [-0.05, 0) is 49.4 Å². The number of fused-ring (bicyclic) bond motifs is 1. The van der Waals surface area contributed by atoms with Crippen molar-refractivity contribution in [2.24, 2.45) is 0 Å². The Morgan fingerprint density at radius 3 is 3.12 bits per heavy atom. The molecule has 0 bridgehead atoms. The first-order valence-electron chi connectivity index (χ1n) is 8.81. The van der Waals surface area contributed by atoms with Crippen molar-refractivity contribution in [1.29, 1.82) is 0 Å². The zero-order valence-corrected chi connectivity index (χ0v) is 14.8. The van der Waals surface area contributed by atoms with Gasteiger partial charge in [0.1, 0.15) is 17.9 Å². The highest BCUT2D eigenvalue weighted by Crippen LogP contribution is 2.22. The quantitative estimate of drug-likeness (QED) is 0.845. The molecule has 1 aromatic heterocycles. The summed E-state index contributed by atoms with van der Waals surface area (Å²) < 4.78 is 7.48. The SMILES string of the molecule is CCCOc1ccc(CNC(=O)NC2CCCn3ncnc32)c(C)c1. The summed E-state index contributed by atoms with van der Waals surface area (Å²) in [7, 11) is 0. The molecule has 2 amide bonds. The number of aromatic nitrogens is 3. The van der Waals surface area contributed by atoms with Crippen molar-refractivity contribution >= 4 is 6.03 Å². The van der Waals surface area contributed by atoms with Crippen LogP contribution < -0.4 is 15.4 Å². The standard InChI is InChI=1S/C18H25N5O2/c1-3-9-25-15-7-6-14(13(2)10-15)11-19-18(24)22-16-5-4-8-23-17(16)20-12-21-23/h6-7,10,12,16H,3-5,8-9,11H2,1-2H3,(H2,19,22,24). The molecular formula is C18H25N5O2. The molecule has 0 saturated carbocycles. The van der Waals surface area contributed by atoms with E-state index >= 15 is 0 Å². The van der Waals surface area contributed by atoms with Crippen molar-refractivity contribution in [2.75, 3.05) is 6.61 Å². The number of urea groups is 1. The molecule has 7 nitrogen and oxygen atoms in total. The molecule has 0 radical (unpaired) electrons. The van der Waals surface area contributed by atoms with E-state index in [1.807, 2.05) is 29.8 Å². The normalized spacial score (nSPS) is 16.2. The van der Waals surface area contributed by atoms with Crippen molar-refractivity contribution in [2.45, 2.75) is 52.2 Å². The summed E-state index contributed by atoms with van der Waals surface area (Å²) in [6.07, 6.45) is 4.39. The molecule has 2 heterocycles. The van der Waals surface area contributed by atoms with Crippen LogP contribution in [0.25, 0.3) is 0 Å². The van der Waals surface area contributed by atoms with Crippen molar-refractivity contribution in [3.8, 4) is 5.75 Å². The molecule has 1 unspecified atom stereocenters. The molecule has 134 valence electrons. The molecule has 1 aromatic carbocycles. The van der Waals surface area contributed by atoms with E-state index in [4.69, 9.17) is 4.74 Å². The van der Waals surface area contributed by atoms with Crippen LogP contribution in [0.4, 0.5) is 4.79 Å². The van der Waals surface area contributed by atoms with Crippen LogP contribution in [0.15, 0.2) is 24.5 Å². The average molecular weight is 343 g/mol. The summed E-state index contributed by atoms with van der Waals surface area (Å²) in [5.41, 5.74) is 2.18. The van der Waals surface area contributed by atoms with Gasteiger partial charge in [0.2, 0.25) is 0 Å². The van der Waals surface area contributed by atoms with Crippen molar-refractivity contribution in [1.82, 2.24) is 25.4 Å². The van der Waals surface area contributed by atoms with Gasteiger partial charge in [0, 0.05) is 13.1 Å². The topological polar surface area (TPSA) is 81.1 Å². The Labute approximate surface area is 147 Å². The number of aryl methyl sites for hydroxylation is 2. The minimum atomic E-state index is -0.188. The molecule has 2 N–H and O–H groups in total. The number of benzene rings is 1. The molecule has 1 aliphatic heterocycles. The van der Waals surface area contributed by atoms with Crippen LogP contribution in [-0.4, -0.2) is 27.4 Å². The maximum absolute atomic E-state index is 12.2. The maximum atomic E-state index is 12.2. The third kappa shape index (κ3) is 4.29. The Morgan fingerprint density at radius 1 is 1.44 bits per heavy atom. The first-order valence-corrected chi connectivity index (χ1v) is 8.81. The van der Waals surface area contributed by atoms with Crippen LogP contribution in [0.3, 0.4) is 0 Å². The van der Waals surface area contributed by atoms with Crippen LogP contribution in [0.5, 0.6) is 5.75 Å². The molecule has 25 heavy (non-hydrogen) atoms. The van der Waals surface area contributed by atoms with E-state index in [1.165, 1.54) is 0 Å². The first kappa shape index (κ1) is 17.3. The predicted molar refractivity (Wildman–Crippen MR) is 94.3 cm³/mol. The molecule has 0 spiro atoms. The zero-order valence-electron chi connectivity index (χ0n) is 14.8. The predicted octanol–water partition coefficient (Wildman–Crippen LogP) is 2.71. The second-order valence-electron chi connectivity index (χ2n) is 6.30. The summed E-state index contributed by atoms with van der Waals surface area (Å²) in [4.78, 5) is 16.5. The first-order chi connectivity index (χ1) is 12.2. The number of nitrogens with one attached hydrogen (secondary N) is 2. The fraction of sp³-hybridized carbons (Fsp3) is 0.500. The van der Waals surface area contributed by atoms with E-state index < -0.39 is 0 Å². The Hall–Kier alpha value is -2.57. The molecule has 1 atom stereocenters. The Kier molecular flexibility index (Phi) is 5.53. The van der Waals surface area contributed by atoms with E-state index in [2.05, 4.69) is 27.6 Å². The van der Waals surface area contributed by atoms with Crippen molar-refractivity contribution in [3.05, 3.63) is 41.5 Å². The van der Waals surface area contributed by atoms with Gasteiger partial charge >= 0.3 is 6.03 Å². The van der Waals surface area contributed by atoms with Gasteiger partial charge in [0.05, 0.1) is 12.6 Å². The molecule has 0 aliphatic carbocycles. The van der Waals surface area contributed by atoms with E-state index in [-0.39, 0.29) is 12.1 Å². The number of carbonyl (C=O) groups is 1. The highest BCUT2D eigenvalue weighted by Gasteiger charge is 2.23. The van der Waals surface area contributed by atoms with Gasteiger partial charge in [0.25, 0.3) is 0 Å². The van der Waals surface area contributed by atoms with Crippen LogP contribution >= 0.6 is 0 Å². The maximum Gasteiger partial charge on any atom is 0.315 e. The number of hydrogen-bond acceptors (Lipinski definition) is 4. The lowest BCUT2D eigenvalue weighted by Crippen LogP contribution is -2.40. The van der Waals surface area contributed by atoms with Gasteiger partial charge in [0.15, 0.2) is 0 Å². The summed E-state index contributed by atoms with van der Waals surface area (Å²) in [6, 6.07) is 5.68. The van der Waals surface area contributed by atoms with Crippen LogP contribution in [0.2, 0.25) is 0 Å². The third-order valence-corrected chi connectivity index (χ3v) is 4.35. The van der Waals surface area contributed by atoms with Crippen LogP contribution in [0, 0.1) is 6.92 Å². The number of ether oxygens (including phenoxy) is 1. The Morgan fingerprint density at radius 2 is 2.32 bits per heavy atom. The van der Waals surface area contributed by atoms with Gasteiger partial charge in [-0.1, -0.05) is 13.0 Å². The minimum absolute atomic E-state index is 0.0813. The van der Waals surface area contributed by atoms with Gasteiger partial charge in [-0.25, -0.2) is 14.5 Å². The van der Waals surface area contributed by atoms with E-state index in [0.717, 1.165) is 48.5 Å². The smallest absolute Gasteiger partial charge is 0.315 e. The lowest BCUT2D eigenvalue weighted by atomic mass is 10.1. The van der Waals surface area contributed by atoms with Crippen molar-refractivity contribution < 1.29 is 9.53 Å². The minimum Gasteiger partial charge on any atom is -0.494 e. The van der Waals surface area contributed by atoms with Gasteiger partial charge < -0.3 is 15.4 Å². The molecule has 0 saturated heterocycles. The second-order valence-corrected chi connectivity index (χ2v) is 6.30. The fourth-order valence-corrected chi connectivity index (χ4v) is 2.99. The number of hydrogen-bond donors (Lipinski definition) is 2. The molecule has 1 aliphatic rings.